The quantitative estimate of drug-likeness (QED) is 0.667. The molecule has 0 saturated heterocycles. The van der Waals surface area contributed by atoms with Crippen LogP contribution in [0.1, 0.15) is 43.7 Å². The lowest BCUT2D eigenvalue weighted by Crippen LogP contribution is -2.50. The molecule has 4 nitrogen and oxygen atoms in total. The molecule has 1 aliphatic rings. The highest BCUT2D eigenvalue weighted by molar-refractivity contribution is 6.30. The second-order valence-corrected chi connectivity index (χ2v) is 8.50. The van der Waals surface area contributed by atoms with E-state index < -0.39 is 6.04 Å². The van der Waals surface area contributed by atoms with Gasteiger partial charge in [-0.3, -0.25) is 9.59 Å². The van der Waals surface area contributed by atoms with Crippen LogP contribution in [0.5, 0.6) is 0 Å². The fraction of sp³-hybridized carbons (Fsp3) is 0.391. The molecule has 29 heavy (non-hydrogen) atoms. The van der Waals surface area contributed by atoms with Crippen LogP contribution in [0.2, 0.25) is 10.0 Å². The van der Waals surface area contributed by atoms with E-state index in [0.717, 1.165) is 36.8 Å². The number of rotatable bonds is 7. The number of amides is 2. The van der Waals surface area contributed by atoms with Crippen molar-refractivity contribution in [3.05, 3.63) is 69.7 Å². The van der Waals surface area contributed by atoms with Crippen molar-refractivity contribution in [2.24, 2.45) is 0 Å². The van der Waals surface area contributed by atoms with E-state index in [1.165, 1.54) is 0 Å². The van der Waals surface area contributed by atoms with E-state index in [9.17, 15) is 9.59 Å². The number of halogens is 2. The summed E-state index contributed by atoms with van der Waals surface area (Å²) in [6.45, 7) is 2.10. The molecule has 0 aliphatic heterocycles. The normalized spacial score (nSPS) is 15.1. The Kier molecular flexibility index (Phi) is 7.57. The van der Waals surface area contributed by atoms with Crippen LogP contribution in [0.3, 0.4) is 0 Å². The molecule has 2 amide bonds. The van der Waals surface area contributed by atoms with Crippen molar-refractivity contribution in [3.63, 3.8) is 0 Å². The summed E-state index contributed by atoms with van der Waals surface area (Å²) in [5.74, 6) is -0.236. The number of nitrogens with one attached hydrogen (secondary N) is 1. The zero-order valence-corrected chi connectivity index (χ0v) is 18.0. The average Bonchev–Trinajstić information content (AvgIpc) is 3.18. The third kappa shape index (κ3) is 6.22. The van der Waals surface area contributed by atoms with Crippen molar-refractivity contribution in [2.75, 3.05) is 0 Å². The van der Waals surface area contributed by atoms with Gasteiger partial charge in [0.15, 0.2) is 0 Å². The Hall–Kier alpha value is -2.04. The summed E-state index contributed by atoms with van der Waals surface area (Å²) in [7, 11) is 0. The van der Waals surface area contributed by atoms with Gasteiger partial charge in [0.2, 0.25) is 11.8 Å². The Bertz CT molecular complexity index is 865. The molecule has 154 valence electrons. The fourth-order valence-corrected chi connectivity index (χ4v) is 4.16. The maximum absolute atomic E-state index is 13.2. The van der Waals surface area contributed by atoms with Crippen LogP contribution in [-0.4, -0.2) is 28.8 Å². The summed E-state index contributed by atoms with van der Waals surface area (Å²) in [6, 6.07) is 14.2. The standard InChI is InChI=1S/C23H26Cl2N2O2/c1-16(23(29)26-21-10-2-3-11-21)27(15-18-7-5-9-20(25)13-18)22(28)14-17-6-4-8-19(24)12-17/h4-9,12-13,16,21H,2-3,10-11,14-15H2,1H3,(H,26,29)/t16-/m0/s1. The first kappa shape index (κ1) is 21.7. The molecule has 1 atom stereocenters. The molecule has 1 fully saturated rings. The first-order valence-electron chi connectivity index (χ1n) is 10.0. The van der Waals surface area contributed by atoms with Crippen molar-refractivity contribution < 1.29 is 9.59 Å². The summed E-state index contributed by atoms with van der Waals surface area (Å²) < 4.78 is 0. The molecule has 1 N–H and O–H groups in total. The Morgan fingerprint density at radius 3 is 2.24 bits per heavy atom. The predicted molar refractivity (Wildman–Crippen MR) is 117 cm³/mol. The number of nitrogens with zero attached hydrogens (tertiary/aromatic N) is 1. The molecular weight excluding hydrogens is 407 g/mol. The van der Waals surface area contributed by atoms with Crippen LogP contribution in [0, 0.1) is 0 Å². The summed E-state index contributed by atoms with van der Waals surface area (Å²) in [4.78, 5) is 27.6. The summed E-state index contributed by atoms with van der Waals surface area (Å²) in [6.07, 6.45) is 4.47. The highest BCUT2D eigenvalue weighted by Gasteiger charge is 2.28. The largest absolute Gasteiger partial charge is 0.352 e. The lowest BCUT2D eigenvalue weighted by atomic mass is 10.1. The Morgan fingerprint density at radius 2 is 1.62 bits per heavy atom. The van der Waals surface area contributed by atoms with Gasteiger partial charge in [-0.2, -0.15) is 0 Å². The molecule has 0 radical (unpaired) electrons. The zero-order valence-electron chi connectivity index (χ0n) is 16.5. The molecule has 0 heterocycles. The summed E-state index contributed by atoms with van der Waals surface area (Å²) in [5.41, 5.74) is 1.71. The molecule has 2 aromatic carbocycles. The predicted octanol–water partition coefficient (Wildman–Crippen LogP) is 5.01. The molecule has 6 heteroatoms. The number of hydrogen-bond donors (Lipinski definition) is 1. The van der Waals surface area contributed by atoms with Gasteiger partial charge in [-0.15, -0.1) is 0 Å². The Balaban J connectivity index is 1.77. The number of benzene rings is 2. The lowest BCUT2D eigenvalue weighted by molar-refractivity contribution is -0.140. The third-order valence-electron chi connectivity index (χ3n) is 5.36. The van der Waals surface area contributed by atoms with E-state index >= 15 is 0 Å². The minimum absolute atomic E-state index is 0.113. The molecule has 0 bridgehead atoms. The van der Waals surface area contributed by atoms with E-state index in [1.807, 2.05) is 30.3 Å². The van der Waals surface area contributed by atoms with Crippen molar-refractivity contribution in [1.29, 1.82) is 0 Å². The van der Waals surface area contributed by atoms with Crippen molar-refractivity contribution in [3.8, 4) is 0 Å². The van der Waals surface area contributed by atoms with Crippen LogP contribution < -0.4 is 5.32 Å². The lowest BCUT2D eigenvalue weighted by Gasteiger charge is -2.30. The van der Waals surface area contributed by atoms with Crippen LogP contribution in [0.15, 0.2) is 48.5 Å². The minimum Gasteiger partial charge on any atom is -0.352 e. The second-order valence-electron chi connectivity index (χ2n) is 7.62. The van der Waals surface area contributed by atoms with Gasteiger partial charge in [0, 0.05) is 22.6 Å². The van der Waals surface area contributed by atoms with Gasteiger partial charge >= 0.3 is 0 Å². The molecule has 0 aromatic heterocycles. The second kappa shape index (κ2) is 10.1. The van der Waals surface area contributed by atoms with Gasteiger partial charge < -0.3 is 10.2 Å². The van der Waals surface area contributed by atoms with Crippen molar-refractivity contribution >= 4 is 35.0 Å². The summed E-state index contributed by atoms with van der Waals surface area (Å²) >= 11 is 12.2. The third-order valence-corrected chi connectivity index (χ3v) is 5.83. The van der Waals surface area contributed by atoms with Crippen LogP contribution in [-0.2, 0) is 22.6 Å². The Morgan fingerprint density at radius 1 is 1.03 bits per heavy atom. The van der Waals surface area contributed by atoms with Gasteiger partial charge in [0.1, 0.15) is 6.04 Å². The first-order valence-corrected chi connectivity index (χ1v) is 10.8. The SMILES string of the molecule is C[C@@H](C(=O)NC1CCCC1)N(Cc1cccc(Cl)c1)C(=O)Cc1cccc(Cl)c1. The molecule has 3 rings (SSSR count). The van der Waals surface area contributed by atoms with Gasteiger partial charge in [0.25, 0.3) is 0 Å². The molecule has 1 saturated carbocycles. The first-order chi connectivity index (χ1) is 13.9. The van der Waals surface area contributed by atoms with Crippen LogP contribution in [0.4, 0.5) is 0 Å². The monoisotopic (exact) mass is 432 g/mol. The topological polar surface area (TPSA) is 49.4 Å². The van der Waals surface area contributed by atoms with Gasteiger partial charge in [-0.25, -0.2) is 0 Å². The molecular formula is C23H26Cl2N2O2. The van der Waals surface area contributed by atoms with E-state index in [-0.39, 0.29) is 24.3 Å². The van der Waals surface area contributed by atoms with E-state index in [4.69, 9.17) is 23.2 Å². The number of hydrogen-bond acceptors (Lipinski definition) is 2. The smallest absolute Gasteiger partial charge is 0.242 e. The van der Waals surface area contributed by atoms with Gasteiger partial charge in [0.05, 0.1) is 6.42 Å². The van der Waals surface area contributed by atoms with Gasteiger partial charge in [-0.1, -0.05) is 60.3 Å². The number of carbonyl (C=O) groups excluding carboxylic acids is 2. The molecule has 2 aromatic rings. The van der Waals surface area contributed by atoms with E-state index in [2.05, 4.69) is 5.32 Å². The summed E-state index contributed by atoms with van der Waals surface area (Å²) in [5, 5.41) is 4.30. The highest BCUT2D eigenvalue weighted by Crippen LogP contribution is 2.20. The zero-order chi connectivity index (χ0) is 20.8. The minimum atomic E-state index is -0.582. The van der Waals surface area contributed by atoms with Crippen LogP contribution in [0.25, 0.3) is 0 Å². The van der Waals surface area contributed by atoms with E-state index in [1.54, 1.807) is 30.0 Å². The molecule has 0 spiro atoms. The van der Waals surface area contributed by atoms with Crippen molar-refractivity contribution in [2.45, 2.75) is 57.7 Å². The van der Waals surface area contributed by atoms with Crippen molar-refractivity contribution in [1.82, 2.24) is 10.2 Å². The van der Waals surface area contributed by atoms with Crippen LogP contribution >= 0.6 is 23.2 Å². The molecule has 0 unspecified atom stereocenters. The van der Waals surface area contributed by atoms with Gasteiger partial charge in [-0.05, 0) is 55.2 Å². The maximum Gasteiger partial charge on any atom is 0.242 e. The maximum atomic E-state index is 13.2. The highest BCUT2D eigenvalue weighted by atomic mass is 35.5. The van der Waals surface area contributed by atoms with E-state index in [0.29, 0.717) is 16.6 Å². The Labute approximate surface area is 182 Å². The fourth-order valence-electron chi connectivity index (χ4n) is 3.73. The molecule has 1 aliphatic carbocycles. The average molecular weight is 433 g/mol. The number of carbonyl (C=O) groups is 2.